The van der Waals surface area contributed by atoms with Crippen LogP contribution in [0.2, 0.25) is 0 Å². The summed E-state index contributed by atoms with van der Waals surface area (Å²) in [6.07, 6.45) is 4.00. The highest BCUT2D eigenvalue weighted by molar-refractivity contribution is 7.89. The average molecular weight is 297 g/mol. The standard InChI is InChI=1S/C15H23NO3S/c1-3-4-11-19-15-8-7-14(12-13(15)2)20(17,18)16-9-5-6-10-16/h7-8,12H,3-6,9-11H2,1-2H3. The zero-order valence-corrected chi connectivity index (χ0v) is 13.1. The molecule has 1 aromatic carbocycles. The van der Waals surface area contributed by atoms with Gasteiger partial charge in [-0.25, -0.2) is 8.42 Å². The van der Waals surface area contributed by atoms with E-state index in [-0.39, 0.29) is 0 Å². The first-order chi connectivity index (χ1) is 9.55. The van der Waals surface area contributed by atoms with E-state index in [2.05, 4.69) is 6.92 Å². The molecule has 0 aromatic heterocycles. The molecule has 1 aromatic rings. The highest BCUT2D eigenvalue weighted by Crippen LogP contribution is 2.26. The predicted molar refractivity (Wildman–Crippen MR) is 79.6 cm³/mol. The maximum atomic E-state index is 12.4. The third-order valence-electron chi connectivity index (χ3n) is 3.60. The Labute approximate surface area is 121 Å². The molecule has 0 radical (unpaired) electrons. The summed E-state index contributed by atoms with van der Waals surface area (Å²) in [5.74, 6) is 0.777. The van der Waals surface area contributed by atoms with Crippen LogP contribution in [0, 0.1) is 6.92 Å². The maximum absolute atomic E-state index is 12.4. The summed E-state index contributed by atoms with van der Waals surface area (Å²) in [5, 5.41) is 0. The molecule has 0 N–H and O–H groups in total. The molecule has 5 heteroatoms. The molecule has 0 unspecified atom stereocenters. The monoisotopic (exact) mass is 297 g/mol. The second kappa shape index (κ2) is 6.59. The molecule has 0 atom stereocenters. The zero-order chi connectivity index (χ0) is 14.6. The number of hydrogen-bond acceptors (Lipinski definition) is 3. The van der Waals surface area contributed by atoms with Crippen LogP contribution in [0.4, 0.5) is 0 Å². The van der Waals surface area contributed by atoms with Gasteiger partial charge in [0.2, 0.25) is 10.0 Å². The van der Waals surface area contributed by atoms with Gasteiger partial charge in [0.15, 0.2) is 0 Å². The lowest BCUT2D eigenvalue weighted by atomic mass is 10.2. The molecule has 2 rings (SSSR count). The third kappa shape index (κ3) is 3.33. The number of ether oxygens (including phenoxy) is 1. The van der Waals surface area contributed by atoms with Gasteiger partial charge < -0.3 is 4.74 Å². The Kier molecular flexibility index (Phi) is 5.05. The van der Waals surface area contributed by atoms with Gasteiger partial charge in [-0.1, -0.05) is 13.3 Å². The first kappa shape index (κ1) is 15.3. The largest absolute Gasteiger partial charge is 0.493 e. The van der Waals surface area contributed by atoms with Crippen molar-refractivity contribution in [2.24, 2.45) is 0 Å². The van der Waals surface area contributed by atoms with Crippen LogP contribution in [0.5, 0.6) is 5.75 Å². The van der Waals surface area contributed by atoms with E-state index in [1.54, 1.807) is 22.5 Å². The van der Waals surface area contributed by atoms with Crippen molar-refractivity contribution in [3.8, 4) is 5.75 Å². The van der Waals surface area contributed by atoms with Crippen LogP contribution < -0.4 is 4.74 Å². The molecule has 1 heterocycles. The van der Waals surface area contributed by atoms with Crippen molar-refractivity contribution in [3.63, 3.8) is 0 Å². The van der Waals surface area contributed by atoms with E-state index in [0.29, 0.717) is 24.6 Å². The Balaban J connectivity index is 2.15. The quantitative estimate of drug-likeness (QED) is 0.758. The highest BCUT2D eigenvalue weighted by atomic mass is 32.2. The van der Waals surface area contributed by atoms with E-state index in [4.69, 9.17) is 4.74 Å². The normalized spacial score (nSPS) is 16.5. The van der Waals surface area contributed by atoms with E-state index in [1.807, 2.05) is 6.92 Å². The van der Waals surface area contributed by atoms with Crippen molar-refractivity contribution in [1.29, 1.82) is 0 Å². The van der Waals surface area contributed by atoms with Crippen LogP contribution in [0.15, 0.2) is 23.1 Å². The SMILES string of the molecule is CCCCOc1ccc(S(=O)(=O)N2CCCC2)cc1C. The number of nitrogens with zero attached hydrogens (tertiary/aromatic N) is 1. The van der Waals surface area contributed by atoms with Crippen LogP contribution in [0.3, 0.4) is 0 Å². The maximum Gasteiger partial charge on any atom is 0.243 e. The number of aryl methyl sites for hydroxylation is 1. The molecule has 0 saturated carbocycles. The molecule has 1 saturated heterocycles. The molecule has 1 aliphatic rings. The number of unbranched alkanes of at least 4 members (excludes halogenated alkanes) is 1. The molecule has 0 aliphatic carbocycles. The van der Waals surface area contributed by atoms with Crippen LogP contribution in [0.1, 0.15) is 38.2 Å². The number of rotatable bonds is 6. The van der Waals surface area contributed by atoms with E-state index >= 15 is 0 Å². The molecule has 20 heavy (non-hydrogen) atoms. The molecule has 0 amide bonds. The van der Waals surface area contributed by atoms with Crippen molar-refractivity contribution >= 4 is 10.0 Å². The summed E-state index contributed by atoms with van der Waals surface area (Å²) in [6.45, 7) is 5.95. The molecule has 112 valence electrons. The van der Waals surface area contributed by atoms with Gasteiger partial charge in [0.1, 0.15) is 5.75 Å². The van der Waals surface area contributed by atoms with Crippen molar-refractivity contribution in [2.75, 3.05) is 19.7 Å². The molecule has 1 aliphatic heterocycles. The number of benzene rings is 1. The van der Waals surface area contributed by atoms with Gasteiger partial charge >= 0.3 is 0 Å². The zero-order valence-electron chi connectivity index (χ0n) is 12.3. The minimum absolute atomic E-state index is 0.375. The summed E-state index contributed by atoms with van der Waals surface area (Å²) in [5.41, 5.74) is 0.876. The van der Waals surface area contributed by atoms with E-state index < -0.39 is 10.0 Å². The van der Waals surface area contributed by atoms with Crippen molar-refractivity contribution in [1.82, 2.24) is 4.31 Å². The smallest absolute Gasteiger partial charge is 0.243 e. The molecular formula is C15H23NO3S. The average Bonchev–Trinajstić information content (AvgIpc) is 2.95. The third-order valence-corrected chi connectivity index (χ3v) is 5.50. The van der Waals surface area contributed by atoms with Gasteiger partial charge in [-0.2, -0.15) is 4.31 Å². The van der Waals surface area contributed by atoms with Crippen molar-refractivity contribution in [2.45, 2.75) is 44.4 Å². The Morgan fingerprint density at radius 2 is 1.95 bits per heavy atom. The van der Waals surface area contributed by atoms with E-state index in [9.17, 15) is 8.42 Å². The fraction of sp³-hybridized carbons (Fsp3) is 0.600. The van der Waals surface area contributed by atoms with Crippen molar-refractivity contribution < 1.29 is 13.2 Å². The highest BCUT2D eigenvalue weighted by Gasteiger charge is 2.27. The van der Waals surface area contributed by atoms with Gasteiger partial charge in [0.05, 0.1) is 11.5 Å². The van der Waals surface area contributed by atoms with Crippen LogP contribution >= 0.6 is 0 Å². The minimum atomic E-state index is -3.33. The van der Waals surface area contributed by atoms with Crippen LogP contribution in [0.25, 0.3) is 0 Å². The first-order valence-corrected chi connectivity index (χ1v) is 8.73. The lowest BCUT2D eigenvalue weighted by molar-refractivity contribution is 0.307. The molecule has 4 nitrogen and oxygen atoms in total. The van der Waals surface area contributed by atoms with Crippen LogP contribution in [-0.4, -0.2) is 32.4 Å². The van der Waals surface area contributed by atoms with E-state index in [0.717, 1.165) is 37.0 Å². The first-order valence-electron chi connectivity index (χ1n) is 7.29. The molecule has 1 fully saturated rings. The topological polar surface area (TPSA) is 46.6 Å². The van der Waals surface area contributed by atoms with E-state index in [1.165, 1.54) is 0 Å². The predicted octanol–water partition coefficient (Wildman–Crippen LogP) is 2.96. The van der Waals surface area contributed by atoms with Gasteiger partial charge in [-0.05, 0) is 49.9 Å². The molecule has 0 spiro atoms. The van der Waals surface area contributed by atoms with Gasteiger partial charge in [0, 0.05) is 13.1 Å². The fourth-order valence-corrected chi connectivity index (χ4v) is 3.95. The van der Waals surface area contributed by atoms with Gasteiger partial charge in [-0.3, -0.25) is 0 Å². The second-order valence-electron chi connectivity index (χ2n) is 5.24. The van der Waals surface area contributed by atoms with Gasteiger partial charge in [-0.15, -0.1) is 0 Å². The summed E-state index contributed by atoms with van der Waals surface area (Å²) in [4.78, 5) is 0.375. The summed E-state index contributed by atoms with van der Waals surface area (Å²) < 4.78 is 32.1. The Hall–Kier alpha value is -1.07. The summed E-state index contributed by atoms with van der Waals surface area (Å²) in [6, 6.07) is 5.14. The number of hydrogen-bond donors (Lipinski definition) is 0. The Morgan fingerprint density at radius 3 is 2.55 bits per heavy atom. The Bertz CT molecular complexity index is 548. The summed E-state index contributed by atoms with van der Waals surface area (Å²) in [7, 11) is -3.33. The minimum Gasteiger partial charge on any atom is -0.493 e. The molecular weight excluding hydrogens is 274 g/mol. The van der Waals surface area contributed by atoms with Crippen LogP contribution in [-0.2, 0) is 10.0 Å². The van der Waals surface area contributed by atoms with Gasteiger partial charge in [0.25, 0.3) is 0 Å². The Morgan fingerprint density at radius 1 is 1.25 bits per heavy atom. The lowest BCUT2D eigenvalue weighted by Gasteiger charge is -2.17. The van der Waals surface area contributed by atoms with Crippen molar-refractivity contribution in [3.05, 3.63) is 23.8 Å². The fourth-order valence-electron chi connectivity index (χ4n) is 2.35. The lowest BCUT2D eigenvalue weighted by Crippen LogP contribution is -2.27. The summed E-state index contributed by atoms with van der Waals surface area (Å²) >= 11 is 0. The second-order valence-corrected chi connectivity index (χ2v) is 7.18. The number of sulfonamides is 1. The molecule has 0 bridgehead atoms.